The van der Waals surface area contributed by atoms with Crippen molar-refractivity contribution >= 4 is 11.7 Å². The SMILES string of the molecule is CCNc1cc(C(=O)NCCOCCOC)ccn1. The number of rotatable bonds is 9. The van der Waals surface area contributed by atoms with Gasteiger partial charge < -0.3 is 20.1 Å². The Labute approximate surface area is 113 Å². The molecule has 0 atom stereocenters. The molecule has 6 nitrogen and oxygen atoms in total. The van der Waals surface area contributed by atoms with Crippen LogP contribution in [0.4, 0.5) is 5.82 Å². The van der Waals surface area contributed by atoms with E-state index in [0.717, 1.165) is 6.54 Å². The van der Waals surface area contributed by atoms with Crippen molar-refractivity contribution in [3.05, 3.63) is 23.9 Å². The Morgan fingerprint density at radius 1 is 1.37 bits per heavy atom. The zero-order chi connectivity index (χ0) is 13.9. The lowest BCUT2D eigenvalue weighted by Gasteiger charge is -2.07. The predicted octanol–water partition coefficient (Wildman–Crippen LogP) is 0.906. The van der Waals surface area contributed by atoms with Gasteiger partial charge in [-0.1, -0.05) is 0 Å². The van der Waals surface area contributed by atoms with Gasteiger partial charge >= 0.3 is 0 Å². The van der Waals surface area contributed by atoms with Crippen LogP contribution in [0.25, 0.3) is 0 Å². The number of carbonyl (C=O) groups excluding carboxylic acids is 1. The van der Waals surface area contributed by atoms with Crippen molar-refractivity contribution in [3.63, 3.8) is 0 Å². The minimum Gasteiger partial charge on any atom is -0.382 e. The van der Waals surface area contributed by atoms with E-state index in [0.29, 0.717) is 37.7 Å². The highest BCUT2D eigenvalue weighted by Gasteiger charge is 2.05. The quantitative estimate of drug-likeness (QED) is 0.651. The maximum Gasteiger partial charge on any atom is 0.251 e. The molecule has 0 aliphatic rings. The van der Waals surface area contributed by atoms with Gasteiger partial charge in [0.05, 0.1) is 19.8 Å². The molecule has 6 heteroatoms. The lowest BCUT2D eigenvalue weighted by Crippen LogP contribution is -2.27. The van der Waals surface area contributed by atoms with Crippen LogP contribution in [-0.4, -0.2) is 50.9 Å². The molecule has 0 bridgehead atoms. The van der Waals surface area contributed by atoms with Crippen LogP contribution in [0.15, 0.2) is 18.3 Å². The molecule has 0 aromatic carbocycles. The van der Waals surface area contributed by atoms with Gasteiger partial charge in [-0.15, -0.1) is 0 Å². The van der Waals surface area contributed by atoms with Crippen LogP contribution in [-0.2, 0) is 9.47 Å². The zero-order valence-corrected chi connectivity index (χ0v) is 11.4. The molecule has 0 saturated carbocycles. The molecule has 0 saturated heterocycles. The largest absolute Gasteiger partial charge is 0.382 e. The molecule has 0 fully saturated rings. The molecule has 1 heterocycles. The van der Waals surface area contributed by atoms with Crippen molar-refractivity contribution in [2.24, 2.45) is 0 Å². The van der Waals surface area contributed by atoms with E-state index in [-0.39, 0.29) is 5.91 Å². The van der Waals surface area contributed by atoms with Crippen molar-refractivity contribution in [3.8, 4) is 0 Å². The fraction of sp³-hybridized carbons (Fsp3) is 0.538. The first-order chi connectivity index (χ1) is 9.27. The van der Waals surface area contributed by atoms with Gasteiger partial charge in [-0.05, 0) is 19.1 Å². The lowest BCUT2D eigenvalue weighted by molar-refractivity contribution is 0.0692. The van der Waals surface area contributed by atoms with Crippen molar-refractivity contribution in [1.29, 1.82) is 0 Å². The molecule has 19 heavy (non-hydrogen) atoms. The van der Waals surface area contributed by atoms with Gasteiger partial charge in [0.1, 0.15) is 5.82 Å². The molecule has 1 amide bonds. The summed E-state index contributed by atoms with van der Waals surface area (Å²) in [5.41, 5.74) is 0.586. The normalized spacial score (nSPS) is 10.2. The van der Waals surface area contributed by atoms with Gasteiger partial charge in [0, 0.05) is 32.0 Å². The number of carbonyl (C=O) groups is 1. The first-order valence-corrected chi connectivity index (χ1v) is 6.32. The Hall–Kier alpha value is -1.66. The predicted molar refractivity (Wildman–Crippen MR) is 73.4 cm³/mol. The summed E-state index contributed by atoms with van der Waals surface area (Å²) in [5.74, 6) is 0.573. The van der Waals surface area contributed by atoms with E-state index in [4.69, 9.17) is 9.47 Å². The fourth-order valence-electron chi connectivity index (χ4n) is 1.43. The van der Waals surface area contributed by atoms with Crippen LogP contribution in [0.1, 0.15) is 17.3 Å². The molecule has 1 aromatic heterocycles. The highest BCUT2D eigenvalue weighted by Crippen LogP contribution is 2.06. The molecule has 2 N–H and O–H groups in total. The van der Waals surface area contributed by atoms with Gasteiger partial charge in [-0.3, -0.25) is 4.79 Å². The van der Waals surface area contributed by atoms with Gasteiger partial charge in [0.15, 0.2) is 0 Å². The first kappa shape index (κ1) is 15.4. The fourth-order valence-corrected chi connectivity index (χ4v) is 1.43. The molecule has 1 aromatic rings. The lowest BCUT2D eigenvalue weighted by atomic mass is 10.2. The Morgan fingerprint density at radius 2 is 2.21 bits per heavy atom. The van der Waals surface area contributed by atoms with Crippen molar-refractivity contribution in [1.82, 2.24) is 10.3 Å². The van der Waals surface area contributed by atoms with Gasteiger partial charge in [-0.25, -0.2) is 4.98 Å². The number of hydrogen-bond acceptors (Lipinski definition) is 5. The Bertz CT molecular complexity index is 385. The Morgan fingerprint density at radius 3 is 2.95 bits per heavy atom. The summed E-state index contributed by atoms with van der Waals surface area (Å²) in [6.45, 7) is 4.79. The number of methoxy groups -OCH3 is 1. The minimum atomic E-state index is -0.128. The summed E-state index contributed by atoms with van der Waals surface area (Å²) >= 11 is 0. The van der Waals surface area contributed by atoms with E-state index in [1.165, 1.54) is 0 Å². The highest BCUT2D eigenvalue weighted by atomic mass is 16.5. The van der Waals surface area contributed by atoms with E-state index in [1.807, 2.05) is 6.92 Å². The minimum absolute atomic E-state index is 0.128. The molecular weight excluding hydrogens is 246 g/mol. The topological polar surface area (TPSA) is 72.5 Å². The maximum atomic E-state index is 11.8. The summed E-state index contributed by atoms with van der Waals surface area (Å²) in [6.07, 6.45) is 1.61. The summed E-state index contributed by atoms with van der Waals surface area (Å²) in [4.78, 5) is 16.0. The molecule has 0 spiro atoms. The van der Waals surface area contributed by atoms with E-state index < -0.39 is 0 Å². The van der Waals surface area contributed by atoms with Crippen molar-refractivity contribution in [2.45, 2.75) is 6.92 Å². The van der Waals surface area contributed by atoms with Crippen LogP contribution in [0.2, 0.25) is 0 Å². The number of nitrogens with one attached hydrogen (secondary N) is 2. The maximum absolute atomic E-state index is 11.8. The van der Waals surface area contributed by atoms with E-state index in [1.54, 1.807) is 25.4 Å². The molecule has 0 unspecified atom stereocenters. The standard InChI is InChI=1S/C13H21N3O3/c1-3-14-12-10-11(4-5-15-12)13(17)16-6-7-19-9-8-18-2/h4-5,10H,3,6-9H2,1-2H3,(H,14,15)(H,16,17). The average molecular weight is 267 g/mol. The first-order valence-electron chi connectivity index (χ1n) is 6.32. The van der Waals surface area contributed by atoms with Crippen molar-refractivity contribution < 1.29 is 14.3 Å². The number of nitrogens with zero attached hydrogens (tertiary/aromatic N) is 1. The molecule has 0 aliphatic carbocycles. The second kappa shape index (κ2) is 9.29. The Kier molecular flexibility index (Phi) is 7.53. The van der Waals surface area contributed by atoms with Crippen LogP contribution < -0.4 is 10.6 Å². The third kappa shape index (κ3) is 6.17. The zero-order valence-electron chi connectivity index (χ0n) is 11.4. The van der Waals surface area contributed by atoms with Crippen LogP contribution in [0, 0.1) is 0 Å². The Balaban J connectivity index is 2.30. The highest BCUT2D eigenvalue weighted by molar-refractivity contribution is 5.94. The van der Waals surface area contributed by atoms with E-state index in [9.17, 15) is 4.79 Å². The summed E-state index contributed by atoms with van der Waals surface area (Å²) < 4.78 is 10.1. The third-order valence-corrected chi connectivity index (χ3v) is 2.34. The van der Waals surface area contributed by atoms with Gasteiger partial charge in [-0.2, -0.15) is 0 Å². The number of amides is 1. The van der Waals surface area contributed by atoms with Gasteiger partial charge in [0.2, 0.25) is 0 Å². The smallest absolute Gasteiger partial charge is 0.251 e. The molecule has 0 radical (unpaired) electrons. The molecule has 0 aliphatic heterocycles. The van der Waals surface area contributed by atoms with Crippen LogP contribution in [0.3, 0.4) is 0 Å². The number of hydrogen-bond donors (Lipinski definition) is 2. The number of ether oxygens (including phenoxy) is 2. The number of anilines is 1. The average Bonchev–Trinajstić information content (AvgIpc) is 2.43. The second-order valence-corrected chi connectivity index (χ2v) is 3.82. The van der Waals surface area contributed by atoms with E-state index >= 15 is 0 Å². The van der Waals surface area contributed by atoms with Gasteiger partial charge in [0.25, 0.3) is 5.91 Å². The van der Waals surface area contributed by atoms with Crippen LogP contribution >= 0.6 is 0 Å². The molecule has 1 rings (SSSR count). The summed E-state index contributed by atoms with van der Waals surface area (Å²) in [5, 5.41) is 5.85. The second-order valence-electron chi connectivity index (χ2n) is 3.82. The number of pyridine rings is 1. The monoisotopic (exact) mass is 267 g/mol. The number of aromatic nitrogens is 1. The summed E-state index contributed by atoms with van der Waals surface area (Å²) in [6, 6.07) is 3.41. The molecular formula is C13H21N3O3. The summed E-state index contributed by atoms with van der Waals surface area (Å²) in [7, 11) is 1.62. The third-order valence-electron chi connectivity index (χ3n) is 2.34. The van der Waals surface area contributed by atoms with Crippen molar-refractivity contribution in [2.75, 3.05) is 45.3 Å². The molecule has 106 valence electrons. The van der Waals surface area contributed by atoms with Crippen LogP contribution in [0.5, 0.6) is 0 Å². The van der Waals surface area contributed by atoms with E-state index in [2.05, 4.69) is 15.6 Å².